The van der Waals surface area contributed by atoms with Crippen LogP contribution in [0.4, 0.5) is 0 Å². The summed E-state index contributed by atoms with van der Waals surface area (Å²) < 4.78 is 11.6. The Morgan fingerprint density at radius 1 is 1.42 bits per heavy atom. The van der Waals surface area contributed by atoms with E-state index in [1.165, 1.54) is 11.0 Å². The highest BCUT2D eigenvalue weighted by atomic mass is 79.9. The SMILES string of the molecule is C=CCOC(=O)[C@H]1[C@H]2C(=O)N(CCO)C(C(=O)N(CC=C)CCCC)C23CC(Br)[C@@H]1O3. The fourth-order valence-electron chi connectivity index (χ4n) is 5.23. The number of amides is 2. The second-order valence-corrected chi connectivity index (χ2v) is 9.44. The molecule has 0 saturated carbocycles. The first-order valence-electron chi connectivity index (χ1n) is 10.8. The quantitative estimate of drug-likeness (QED) is 0.261. The Kier molecular flexibility index (Phi) is 7.59. The van der Waals surface area contributed by atoms with Gasteiger partial charge in [0, 0.05) is 24.5 Å². The fourth-order valence-corrected chi connectivity index (χ4v) is 6.18. The van der Waals surface area contributed by atoms with Crippen LogP contribution >= 0.6 is 15.9 Å². The van der Waals surface area contributed by atoms with Gasteiger partial charge in [-0.1, -0.05) is 48.0 Å². The average molecular weight is 499 g/mol. The van der Waals surface area contributed by atoms with Crippen molar-refractivity contribution in [1.82, 2.24) is 9.80 Å². The Morgan fingerprint density at radius 3 is 2.77 bits per heavy atom. The summed E-state index contributed by atoms with van der Waals surface area (Å²) in [6.45, 7) is 9.98. The molecule has 2 bridgehead atoms. The first-order chi connectivity index (χ1) is 14.9. The van der Waals surface area contributed by atoms with Gasteiger partial charge in [-0.05, 0) is 12.8 Å². The highest BCUT2D eigenvalue weighted by Crippen LogP contribution is 2.60. The van der Waals surface area contributed by atoms with Crippen molar-refractivity contribution in [1.29, 1.82) is 0 Å². The molecule has 1 spiro atoms. The van der Waals surface area contributed by atoms with Crippen molar-refractivity contribution in [3.05, 3.63) is 25.3 Å². The number of aliphatic hydroxyl groups excluding tert-OH is 1. The Morgan fingerprint density at radius 2 is 2.16 bits per heavy atom. The molecule has 8 nitrogen and oxygen atoms in total. The van der Waals surface area contributed by atoms with E-state index >= 15 is 0 Å². The van der Waals surface area contributed by atoms with Crippen molar-refractivity contribution in [2.75, 3.05) is 32.8 Å². The molecule has 172 valence electrons. The maximum absolute atomic E-state index is 13.7. The average Bonchev–Trinajstić information content (AvgIpc) is 3.33. The number of alkyl halides is 1. The minimum Gasteiger partial charge on any atom is -0.461 e. The molecule has 0 aromatic carbocycles. The van der Waals surface area contributed by atoms with Crippen LogP contribution in [-0.4, -0.2) is 88.1 Å². The van der Waals surface area contributed by atoms with Gasteiger partial charge in [0.25, 0.3) is 0 Å². The van der Waals surface area contributed by atoms with Crippen LogP contribution in [0.1, 0.15) is 26.2 Å². The first kappa shape index (κ1) is 23.9. The number of unbranched alkanes of at least 4 members (excludes halogenated alkanes) is 1. The highest BCUT2D eigenvalue weighted by molar-refractivity contribution is 9.09. The van der Waals surface area contributed by atoms with Gasteiger partial charge in [0.05, 0.1) is 24.5 Å². The van der Waals surface area contributed by atoms with Gasteiger partial charge in [-0.3, -0.25) is 14.4 Å². The van der Waals surface area contributed by atoms with Crippen LogP contribution in [0.5, 0.6) is 0 Å². The van der Waals surface area contributed by atoms with Crippen molar-refractivity contribution in [3.8, 4) is 0 Å². The molecule has 3 unspecified atom stereocenters. The number of fused-ring (bicyclic) bond motifs is 1. The number of β-amino-alcohol motifs (C(OH)–C–C–N with tert-alkyl or cyclic N) is 1. The van der Waals surface area contributed by atoms with Gasteiger partial charge in [0.2, 0.25) is 11.8 Å². The van der Waals surface area contributed by atoms with Gasteiger partial charge in [0.1, 0.15) is 18.2 Å². The minimum absolute atomic E-state index is 0.00139. The van der Waals surface area contributed by atoms with Crippen LogP contribution in [0.25, 0.3) is 0 Å². The summed E-state index contributed by atoms with van der Waals surface area (Å²) in [7, 11) is 0. The number of aliphatic hydroxyl groups is 1. The fraction of sp³-hybridized carbons (Fsp3) is 0.682. The van der Waals surface area contributed by atoms with Gasteiger partial charge < -0.3 is 24.4 Å². The molecule has 3 aliphatic heterocycles. The second-order valence-electron chi connectivity index (χ2n) is 8.26. The summed E-state index contributed by atoms with van der Waals surface area (Å²) in [5.41, 5.74) is -1.13. The molecule has 3 saturated heterocycles. The smallest absolute Gasteiger partial charge is 0.312 e. The number of nitrogens with zero attached hydrogens (tertiary/aromatic N) is 2. The minimum atomic E-state index is -1.13. The van der Waals surface area contributed by atoms with Gasteiger partial charge >= 0.3 is 5.97 Å². The number of hydrogen-bond donors (Lipinski definition) is 1. The van der Waals surface area contributed by atoms with Crippen LogP contribution in [0, 0.1) is 11.8 Å². The molecule has 9 heteroatoms. The molecular formula is C22H31BrN2O6. The zero-order valence-corrected chi connectivity index (χ0v) is 19.5. The molecular weight excluding hydrogens is 468 g/mol. The molecule has 2 amide bonds. The third-order valence-corrected chi connectivity index (χ3v) is 7.27. The maximum Gasteiger partial charge on any atom is 0.312 e. The number of carbonyl (C=O) groups is 3. The van der Waals surface area contributed by atoms with Gasteiger partial charge in [-0.15, -0.1) is 6.58 Å². The lowest BCUT2D eigenvalue weighted by molar-refractivity contribution is -0.154. The molecule has 3 aliphatic rings. The lowest BCUT2D eigenvalue weighted by atomic mass is 9.70. The number of ether oxygens (including phenoxy) is 2. The molecule has 3 heterocycles. The van der Waals surface area contributed by atoms with Gasteiger partial charge in [-0.2, -0.15) is 0 Å². The lowest BCUT2D eigenvalue weighted by Crippen LogP contribution is -2.57. The molecule has 0 aromatic heterocycles. The van der Waals surface area contributed by atoms with Crippen molar-refractivity contribution in [2.24, 2.45) is 11.8 Å². The van der Waals surface area contributed by atoms with E-state index in [0.717, 1.165) is 12.8 Å². The summed E-state index contributed by atoms with van der Waals surface area (Å²) in [4.78, 5) is 42.9. The van der Waals surface area contributed by atoms with E-state index in [9.17, 15) is 19.5 Å². The lowest BCUT2D eigenvalue weighted by Gasteiger charge is -2.37. The van der Waals surface area contributed by atoms with E-state index in [4.69, 9.17) is 9.47 Å². The molecule has 0 aliphatic carbocycles. The van der Waals surface area contributed by atoms with Crippen LogP contribution in [0.3, 0.4) is 0 Å². The predicted molar refractivity (Wildman–Crippen MR) is 117 cm³/mol. The van der Waals surface area contributed by atoms with Gasteiger partial charge in [0.15, 0.2) is 0 Å². The largest absolute Gasteiger partial charge is 0.461 e. The number of hydrogen-bond acceptors (Lipinski definition) is 6. The van der Waals surface area contributed by atoms with E-state index in [1.54, 1.807) is 11.0 Å². The molecule has 1 N–H and O–H groups in total. The van der Waals surface area contributed by atoms with E-state index in [-0.39, 0.29) is 36.4 Å². The van der Waals surface area contributed by atoms with Crippen molar-refractivity contribution in [3.63, 3.8) is 0 Å². The Labute approximate surface area is 191 Å². The number of carbonyl (C=O) groups excluding carboxylic acids is 3. The number of rotatable bonds is 11. The Balaban J connectivity index is 2.00. The number of halogens is 1. The standard InChI is InChI=1S/C22H31BrN2O6/c1-4-7-9-24(8-5-2)20(28)18-22-13-14(23)17(31-22)15(21(29)30-12-6-3)16(22)19(27)25(18)10-11-26/h5-6,14-18,26H,2-4,7-13H2,1H3/t14?,15-,16-,17-,18?,22?/m0/s1. The van der Waals surface area contributed by atoms with Crippen LogP contribution in [-0.2, 0) is 23.9 Å². The summed E-state index contributed by atoms with van der Waals surface area (Å²) in [6.07, 6.45) is 4.73. The monoisotopic (exact) mass is 498 g/mol. The van der Waals surface area contributed by atoms with Crippen molar-refractivity contribution >= 4 is 33.7 Å². The summed E-state index contributed by atoms with van der Waals surface area (Å²) in [5.74, 6) is -2.74. The second kappa shape index (κ2) is 9.83. The molecule has 0 aromatic rings. The van der Waals surface area contributed by atoms with Crippen molar-refractivity contribution in [2.45, 2.75) is 48.8 Å². The first-order valence-corrected chi connectivity index (χ1v) is 11.7. The molecule has 3 fully saturated rings. The molecule has 31 heavy (non-hydrogen) atoms. The molecule has 3 rings (SSSR count). The zero-order valence-electron chi connectivity index (χ0n) is 17.9. The maximum atomic E-state index is 13.7. The van der Waals surface area contributed by atoms with Crippen LogP contribution < -0.4 is 0 Å². The van der Waals surface area contributed by atoms with E-state index in [0.29, 0.717) is 19.5 Å². The Bertz CT molecular complexity index is 746. The normalized spacial score (nSPS) is 33.3. The predicted octanol–water partition coefficient (Wildman–Crippen LogP) is 1.27. The van der Waals surface area contributed by atoms with Crippen LogP contribution in [0.15, 0.2) is 25.3 Å². The number of esters is 1. The van der Waals surface area contributed by atoms with E-state index < -0.39 is 35.6 Å². The van der Waals surface area contributed by atoms with Gasteiger partial charge in [-0.25, -0.2) is 0 Å². The van der Waals surface area contributed by atoms with E-state index in [2.05, 4.69) is 29.1 Å². The van der Waals surface area contributed by atoms with Crippen LogP contribution in [0.2, 0.25) is 0 Å². The third kappa shape index (κ3) is 3.96. The molecule has 0 radical (unpaired) electrons. The third-order valence-electron chi connectivity index (χ3n) is 6.42. The summed E-state index contributed by atoms with van der Waals surface area (Å²) >= 11 is 3.60. The van der Waals surface area contributed by atoms with E-state index in [1.807, 2.05) is 6.92 Å². The topological polar surface area (TPSA) is 96.4 Å². The summed E-state index contributed by atoms with van der Waals surface area (Å²) in [5, 5.41) is 9.61. The molecule has 6 atom stereocenters. The number of likely N-dealkylation sites (tertiary alicyclic amines) is 1. The zero-order chi connectivity index (χ0) is 22.8. The highest BCUT2D eigenvalue weighted by Gasteiger charge is 2.77. The summed E-state index contributed by atoms with van der Waals surface area (Å²) in [6, 6.07) is -0.906. The van der Waals surface area contributed by atoms with Crippen molar-refractivity contribution < 1.29 is 29.0 Å². The Hall–Kier alpha value is -1.71.